The van der Waals surface area contributed by atoms with Crippen LogP contribution in [0, 0.1) is 6.92 Å². The fourth-order valence-electron chi connectivity index (χ4n) is 2.82. The van der Waals surface area contributed by atoms with Crippen LogP contribution < -0.4 is 5.56 Å². The number of aliphatic hydroxyl groups excluding tert-OH is 1. The molecule has 1 saturated heterocycles. The minimum atomic E-state index is -4.29. The molecule has 0 amide bonds. The van der Waals surface area contributed by atoms with E-state index in [1.54, 1.807) is 32.3 Å². The normalized spacial score (nSPS) is 25.8. The number of aliphatic hydroxyl groups is 1. The molecule has 3 heterocycles. The molecule has 1 aliphatic heterocycles. The van der Waals surface area contributed by atoms with Crippen LogP contribution >= 0.6 is 7.82 Å². The van der Waals surface area contributed by atoms with Gasteiger partial charge in [-0.25, -0.2) is 14.5 Å². The third-order valence-electron chi connectivity index (χ3n) is 3.86. The zero-order chi connectivity index (χ0) is 20.0. The van der Waals surface area contributed by atoms with Crippen LogP contribution in [0.5, 0.6) is 0 Å². The van der Waals surface area contributed by atoms with E-state index in [4.69, 9.17) is 13.8 Å². The van der Waals surface area contributed by atoms with Crippen molar-refractivity contribution in [3.05, 3.63) is 22.5 Å². The molecule has 0 aliphatic carbocycles. The molecule has 3 N–H and O–H groups in total. The lowest BCUT2D eigenvalue weighted by Gasteiger charge is -2.24. The quantitative estimate of drug-likeness (QED) is 0.623. The minimum Gasteiger partial charge on any atom is -0.390 e. The van der Waals surface area contributed by atoms with E-state index in [9.17, 15) is 19.4 Å². The molecule has 0 bridgehead atoms. The molecule has 4 atom stereocenters. The maximum Gasteiger partial charge on any atom is 0.472 e. The van der Waals surface area contributed by atoms with Gasteiger partial charge >= 0.3 is 7.82 Å². The molecule has 2 unspecified atom stereocenters. The summed E-state index contributed by atoms with van der Waals surface area (Å²) in [6.45, 7) is 6.18. The third kappa shape index (κ3) is 4.63. The van der Waals surface area contributed by atoms with Gasteiger partial charge in [0.15, 0.2) is 11.2 Å². The predicted octanol–water partition coefficient (Wildman–Crippen LogP) is 1.01. The highest BCUT2D eigenvalue weighted by molar-refractivity contribution is 7.47. The standard InChI is InChI=1S/C15H23N4O7P/c1-8-17-13-12(14(21)18-8)16-7-19(13)11-5-9(20)10(25-11)6-24-27(22,23)26-15(2,3)4/h7,9-11,20H,5-6H2,1-4H3,(H,22,23)(H,17,18,21)/t9?,10-,11-/m1/s1. The fourth-order valence-corrected chi connectivity index (χ4v) is 3.90. The molecule has 0 saturated carbocycles. The van der Waals surface area contributed by atoms with Crippen molar-refractivity contribution in [3.8, 4) is 0 Å². The van der Waals surface area contributed by atoms with E-state index in [1.165, 1.54) is 6.33 Å². The van der Waals surface area contributed by atoms with Gasteiger partial charge in [0.25, 0.3) is 5.56 Å². The number of H-pyrrole nitrogens is 1. The molecule has 150 valence electrons. The number of phosphoric ester groups is 1. The molecule has 0 aromatic carbocycles. The summed E-state index contributed by atoms with van der Waals surface area (Å²) in [6, 6.07) is 0. The molecule has 0 spiro atoms. The van der Waals surface area contributed by atoms with Crippen LogP contribution in [0.2, 0.25) is 0 Å². The van der Waals surface area contributed by atoms with Gasteiger partial charge < -0.3 is 19.7 Å². The number of nitrogens with one attached hydrogen (secondary N) is 1. The Morgan fingerprint density at radius 2 is 2.19 bits per heavy atom. The summed E-state index contributed by atoms with van der Waals surface area (Å²) in [6.07, 6.45) is -0.839. The molecule has 1 fully saturated rings. The summed E-state index contributed by atoms with van der Waals surface area (Å²) < 4.78 is 29.2. The number of aromatic nitrogens is 4. The van der Waals surface area contributed by atoms with Gasteiger partial charge in [0.2, 0.25) is 0 Å². The highest BCUT2D eigenvalue weighted by Crippen LogP contribution is 2.47. The van der Waals surface area contributed by atoms with E-state index in [2.05, 4.69) is 15.0 Å². The molecule has 12 heteroatoms. The second kappa shape index (κ2) is 7.08. The summed E-state index contributed by atoms with van der Waals surface area (Å²) in [4.78, 5) is 32.6. The number of nitrogens with zero attached hydrogens (tertiary/aromatic N) is 3. The first kappa shape index (κ1) is 20.1. The Bertz CT molecular complexity index is 934. The number of rotatable bonds is 5. The Morgan fingerprint density at radius 1 is 1.48 bits per heavy atom. The molecule has 11 nitrogen and oxygen atoms in total. The van der Waals surface area contributed by atoms with Crippen LogP contribution in [0.1, 0.15) is 39.2 Å². The Balaban J connectivity index is 1.72. The van der Waals surface area contributed by atoms with Crippen molar-refractivity contribution in [1.82, 2.24) is 19.5 Å². The number of imidazole rings is 1. The smallest absolute Gasteiger partial charge is 0.390 e. The van der Waals surface area contributed by atoms with E-state index < -0.39 is 31.9 Å². The second-order valence-corrected chi connectivity index (χ2v) is 8.75. The summed E-state index contributed by atoms with van der Waals surface area (Å²) in [5.74, 6) is 0.424. The van der Waals surface area contributed by atoms with Gasteiger partial charge in [0.05, 0.1) is 24.6 Å². The Hall–Kier alpha value is -1.62. The highest BCUT2D eigenvalue weighted by atomic mass is 31.2. The lowest BCUT2D eigenvalue weighted by molar-refractivity contribution is -0.0477. The summed E-state index contributed by atoms with van der Waals surface area (Å²) in [7, 11) is -4.29. The molecule has 2 aromatic rings. The summed E-state index contributed by atoms with van der Waals surface area (Å²) in [5.41, 5.74) is -0.736. The first-order valence-electron chi connectivity index (χ1n) is 8.40. The van der Waals surface area contributed by atoms with Crippen molar-refractivity contribution in [3.63, 3.8) is 0 Å². The molecule has 2 aromatic heterocycles. The van der Waals surface area contributed by atoms with E-state index in [1.807, 2.05) is 0 Å². The van der Waals surface area contributed by atoms with Gasteiger partial charge in [-0.1, -0.05) is 0 Å². The average molecular weight is 402 g/mol. The van der Waals surface area contributed by atoms with Crippen LogP contribution in [-0.2, 0) is 18.3 Å². The zero-order valence-electron chi connectivity index (χ0n) is 15.4. The van der Waals surface area contributed by atoms with Gasteiger partial charge in [-0.15, -0.1) is 0 Å². The summed E-state index contributed by atoms with van der Waals surface area (Å²) in [5, 5.41) is 10.2. The average Bonchev–Trinajstić information content (AvgIpc) is 3.06. The van der Waals surface area contributed by atoms with Crippen molar-refractivity contribution in [2.24, 2.45) is 0 Å². The van der Waals surface area contributed by atoms with Crippen molar-refractivity contribution in [2.75, 3.05) is 6.61 Å². The topological polar surface area (TPSA) is 149 Å². The highest BCUT2D eigenvalue weighted by Gasteiger charge is 2.38. The lowest BCUT2D eigenvalue weighted by atomic mass is 10.2. The molecular formula is C15H23N4O7P. The maximum absolute atomic E-state index is 12.0. The van der Waals surface area contributed by atoms with Crippen molar-refractivity contribution >= 4 is 19.0 Å². The van der Waals surface area contributed by atoms with Crippen LogP contribution in [-0.4, -0.2) is 53.9 Å². The van der Waals surface area contributed by atoms with Crippen molar-refractivity contribution in [1.29, 1.82) is 0 Å². The molecule has 27 heavy (non-hydrogen) atoms. The predicted molar refractivity (Wildman–Crippen MR) is 94.0 cm³/mol. The minimum absolute atomic E-state index is 0.164. The number of aromatic amines is 1. The van der Waals surface area contributed by atoms with Crippen molar-refractivity contribution < 1.29 is 28.3 Å². The zero-order valence-corrected chi connectivity index (χ0v) is 16.3. The second-order valence-electron chi connectivity index (χ2n) is 7.38. The maximum atomic E-state index is 12.0. The van der Waals surface area contributed by atoms with E-state index in [0.29, 0.717) is 11.5 Å². The van der Waals surface area contributed by atoms with Crippen LogP contribution in [0.15, 0.2) is 11.1 Å². The Kier molecular flexibility index (Phi) is 5.28. The monoisotopic (exact) mass is 402 g/mol. The van der Waals surface area contributed by atoms with Gasteiger partial charge in [-0.2, -0.15) is 0 Å². The van der Waals surface area contributed by atoms with Gasteiger partial charge in [0, 0.05) is 6.42 Å². The third-order valence-corrected chi connectivity index (χ3v) is 5.11. The lowest BCUT2D eigenvalue weighted by Crippen LogP contribution is -2.27. The molecule has 1 aliphatic rings. The van der Waals surface area contributed by atoms with Crippen molar-refractivity contribution in [2.45, 2.75) is 58.2 Å². The summed E-state index contributed by atoms with van der Waals surface area (Å²) >= 11 is 0. The largest absolute Gasteiger partial charge is 0.472 e. The van der Waals surface area contributed by atoms with E-state index in [-0.39, 0.29) is 24.1 Å². The Morgan fingerprint density at radius 3 is 2.85 bits per heavy atom. The first-order valence-corrected chi connectivity index (χ1v) is 9.90. The van der Waals surface area contributed by atoms with Crippen LogP contribution in [0.4, 0.5) is 0 Å². The fraction of sp³-hybridized carbons (Fsp3) is 0.667. The number of fused-ring (bicyclic) bond motifs is 1. The van der Waals surface area contributed by atoms with E-state index >= 15 is 0 Å². The van der Waals surface area contributed by atoms with Crippen LogP contribution in [0.25, 0.3) is 11.2 Å². The van der Waals surface area contributed by atoms with Gasteiger partial charge in [-0.05, 0) is 27.7 Å². The van der Waals surface area contributed by atoms with Gasteiger partial charge in [0.1, 0.15) is 18.2 Å². The van der Waals surface area contributed by atoms with E-state index in [0.717, 1.165) is 0 Å². The number of ether oxygens (including phenoxy) is 1. The number of hydrogen-bond donors (Lipinski definition) is 3. The van der Waals surface area contributed by atoms with Gasteiger partial charge in [-0.3, -0.25) is 18.4 Å². The molecular weight excluding hydrogens is 379 g/mol. The first-order chi connectivity index (χ1) is 12.5. The molecule has 0 radical (unpaired) electrons. The number of phosphoric acid groups is 1. The molecule has 3 rings (SSSR count). The number of hydrogen-bond acceptors (Lipinski definition) is 8. The van der Waals surface area contributed by atoms with Crippen LogP contribution in [0.3, 0.4) is 0 Å². The number of aryl methyl sites for hydroxylation is 1. The SMILES string of the molecule is Cc1nc2c(ncn2[C@H]2CC(O)[C@@H](COP(=O)(O)OC(C)(C)C)O2)c(=O)[nH]1. The Labute approximate surface area is 154 Å².